The van der Waals surface area contributed by atoms with Crippen LogP contribution in [0.2, 0.25) is 0 Å². The first-order valence-corrected chi connectivity index (χ1v) is 7.24. The SMILES string of the molecule is NC1C2CCC(C2)C1C(=O)NCc1ccsc1. The molecule has 2 fully saturated rings. The summed E-state index contributed by atoms with van der Waals surface area (Å²) in [6.45, 7) is 0.642. The van der Waals surface area contributed by atoms with Crippen LogP contribution in [-0.4, -0.2) is 11.9 Å². The quantitative estimate of drug-likeness (QED) is 0.858. The van der Waals surface area contributed by atoms with Gasteiger partial charge in [-0.05, 0) is 53.5 Å². The van der Waals surface area contributed by atoms with Gasteiger partial charge in [0.1, 0.15) is 0 Å². The summed E-state index contributed by atoms with van der Waals surface area (Å²) < 4.78 is 0. The molecule has 92 valence electrons. The number of thiophene rings is 1. The third-order valence-corrected chi connectivity index (χ3v) is 5.06. The summed E-state index contributed by atoms with van der Waals surface area (Å²) in [5.41, 5.74) is 7.34. The van der Waals surface area contributed by atoms with Crippen molar-refractivity contribution in [3.63, 3.8) is 0 Å². The zero-order chi connectivity index (χ0) is 11.8. The summed E-state index contributed by atoms with van der Waals surface area (Å²) in [6, 6.07) is 2.14. The van der Waals surface area contributed by atoms with E-state index in [2.05, 4.69) is 10.7 Å². The first-order valence-electron chi connectivity index (χ1n) is 6.30. The molecule has 1 aromatic rings. The number of fused-ring (bicyclic) bond motifs is 2. The molecule has 1 heterocycles. The maximum atomic E-state index is 12.2. The fourth-order valence-corrected chi connectivity index (χ4v) is 4.09. The summed E-state index contributed by atoms with van der Waals surface area (Å²) >= 11 is 1.66. The molecule has 2 saturated carbocycles. The first-order chi connectivity index (χ1) is 8.25. The van der Waals surface area contributed by atoms with E-state index in [0.29, 0.717) is 18.4 Å². The van der Waals surface area contributed by atoms with Crippen LogP contribution in [0.15, 0.2) is 16.8 Å². The van der Waals surface area contributed by atoms with Crippen molar-refractivity contribution in [2.75, 3.05) is 0 Å². The molecule has 17 heavy (non-hydrogen) atoms. The molecule has 0 saturated heterocycles. The Morgan fingerprint density at radius 1 is 1.47 bits per heavy atom. The van der Waals surface area contributed by atoms with Gasteiger partial charge in [-0.1, -0.05) is 0 Å². The van der Waals surface area contributed by atoms with E-state index in [1.807, 2.05) is 11.4 Å². The van der Waals surface area contributed by atoms with Crippen LogP contribution in [0.1, 0.15) is 24.8 Å². The van der Waals surface area contributed by atoms with Gasteiger partial charge in [-0.2, -0.15) is 11.3 Å². The van der Waals surface area contributed by atoms with Crippen LogP contribution in [0.4, 0.5) is 0 Å². The predicted octanol–water partition coefficient (Wildman–Crippen LogP) is 1.74. The van der Waals surface area contributed by atoms with Gasteiger partial charge in [0, 0.05) is 12.6 Å². The van der Waals surface area contributed by atoms with E-state index < -0.39 is 0 Å². The maximum absolute atomic E-state index is 12.2. The van der Waals surface area contributed by atoms with E-state index >= 15 is 0 Å². The first kappa shape index (κ1) is 11.2. The van der Waals surface area contributed by atoms with Crippen LogP contribution in [-0.2, 0) is 11.3 Å². The molecular formula is C13H18N2OS. The second kappa shape index (κ2) is 4.42. The zero-order valence-corrected chi connectivity index (χ0v) is 10.6. The van der Waals surface area contributed by atoms with Gasteiger partial charge in [0.15, 0.2) is 0 Å². The van der Waals surface area contributed by atoms with Gasteiger partial charge in [0.05, 0.1) is 5.92 Å². The van der Waals surface area contributed by atoms with Crippen molar-refractivity contribution in [3.05, 3.63) is 22.4 Å². The molecule has 1 aromatic heterocycles. The average molecular weight is 250 g/mol. The van der Waals surface area contributed by atoms with Gasteiger partial charge in [0.2, 0.25) is 5.91 Å². The molecule has 2 bridgehead atoms. The lowest BCUT2D eigenvalue weighted by atomic mass is 9.84. The van der Waals surface area contributed by atoms with Crippen LogP contribution in [0.5, 0.6) is 0 Å². The normalized spacial score (nSPS) is 35.1. The molecule has 0 aliphatic heterocycles. The highest BCUT2D eigenvalue weighted by Gasteiger charge is 2.48. The Bertz CT molecular complexity index is 402. The second-order valence-corrected chi connectivity index (χ2v) is 6.07. The Morgan fingerprint density at radius 3 is 2.94 bits per heavy atom. The van der Waals surface area contributed by atoms with Crippen molar-refractivity contribution in [1.82, 2.24) is 5.32 Å². The third kappa shape index (κ3) is 2.00. The molecule has 4 unspecified atom stereocenters. The minimum atomic E-state index is 0.0624. The van der Waals surface area contributed by atoms with E-state index in [1.165, 1.54) is 18.4 Å². The Hall–Kier alpha value is -0.870. The summed E-state index contributed by atoms with van der Waals surface area (Å²) in [6.07, 6.45) is 3.58. The minimum absolute atomic E-state index is 0.0624. The second-order valence-electron chi connectivity index (χ2n) is 5.29. The lowest BCUT2D eigenvalue weighted by Gasteiger charge is -2.26. The number of amides is 1. The lowest BCUT2D eigenvalue weighted by molar-refractivity contribution is -0.127. The Morgan fingerprint density at radius 2 is 2.29 bits per heavy atom. The summed E-state index contributed by atoms with van der Waals surface area (Å²) in [5.74, 6) is 1.36. The predicted molar refractivity (Wildman–Crippen MR) is 68.5 cm³/mol. The Balaban J connectivity index is 1.59. The van der Waals surface area contributed by atoms with Gasteiger partial charge in [0.25, 0.3) is 0 Å². The van der Waals surface area contributed by atoms with E-state index in [0.717, 1.165) is 6.42 Å². The minimum Gasteiger partial charge on any atom is -0.352 e. The highest BCUT2D eigenvalue weighted by Crippen LogP contribution is 2.47. The van der Waals surface area contributed by atoms with Crippen molar-refractivity contribution in [2.24, 2.45) is 23.5 Å². The fraction of sp³-hybridized carbons (Fsp3) is 0.615. The highest BCUT2D eigenvalue weighted by molar-refractivity contribution is 7.07. The average Bonchev–Trinajstić information content (AvgIpc) is 3.02. The zero-order valence-electron chi connectivity index (χ0n) is 9.76. The molecule has 0 radical (unpaired) electrons. The fourth-order valence-electron chi connectivity index (χ4n) is 3.43. The number of hydrogen-bond acceptors (Lipinski definition) is 3. The Kier molecular flexibility index (Phi) is 2.92. The topological polar surface area (TPSA) is 55.1 Å². The molecule has 3 N–H and O–H groups in total. The van der Waals surface area contributed by atoms with E-state index in [9.17, 15) is 4.79 Å². The van der Waals surface area contributed by atoms with Crippen molar-refractivity contribution >= 4 is 17.2 Å². The van der Waals surface area contributed by atoms with Crippen molar-refractivity contribution in [2.45, 2.75) is 31.8 Å². The van der Waals surface area contributed by atoms with Crippen LogP contribution in [0.3, 0.4) is 0 Å². The Labute approximate surface area is 105 Å². The molecule has 4 atom stereocenters. The van der Waals surface area contributed by atoms with Gasteiger partial charge in [-0.3, -0.25) is 4.79 Å². The van der Waals surface area contributed by atoms with Gasteiger partial charge in [-0.15, -0.1) is 0 Å². The van der Waals surface area contributed by atoms with Crippen molar-refractivity contribution in [3.8, 4) is 0 Å². The molecule has 0 aromatic carbocycles. The van der Waals surface area contributed by atoms with Crippen LogP contribution in [0, 0.1) is 17.8 Å². The largest absolute Gasteiger partial charge is 0.352 e. The molecule has 2 aliphatic rings. The van der Waals surface area contributed by atoms with E-state index in [-0.39, 0.29) is 17.9 Å². The van der Waals surface area contributed by atoms with Crippen molar-refractivity contribution < 1.29 is 4.79 Å². The maximum Gasteiger partial charge on any atom is 0.225 e. The molecule has 2 aliphatic carbocycles. The highest BCUT2D eigenvalue weighted by atomic mass is 32.1. The number of hydrogen-bond donors (Lipinski definition) is 2. The monoisotopic (exact) mass is 250 g/mol. The lowest BCUT2D eigenvalue weighted by Crippen LogP contribution is -2.45. The van der Waals surface area contributed by atoms with Crippen molar-refractivity contribution in [1.29, 1.82) is 0 Å². The van der Waals surface area contributed by atoms with Crippen LogP contribution in [0.25, 0.3) is 0 Å². The molecule has 3 nitrogen and oxygen atoms in total. The molecule has 4 heteroatoms. The third-order valence-electron chi connectivity index (χ3n) is 4.33. The van der Waals surface area contributed by atoms with Gasteiger partial charge in [-0.25, -0.2) is 0 Å². The molecule has 0 spiro atoms. The van der Waals surface area contributed by atoms with E-state index in [1.54, 1.807) is 11.3 Å². The molecular weight excluding hydrogens is 232 g/mol. The number of carbonyl (C=O) groups is 1. The number of rotatable bonds is 3. The number of carbonyl (C=O) groups excluding carboxylic acids is 1. The van der Waals surface area contributed by atoms with Crippen LogP contribution >= 0.6 is 11.3 Å². The van der Waals surface area contributed by atoms with Gasteiger partial charge < -0.3 is 11.1 Å². The molecule has 1 amide bonds. The van der Waals surface area contributed by atoms with Crippen LogP contribution < -0.4 is 11.1 Å². The summed E-state index contributed by atoms with van der Waals surface area (Å²) in [7, 11) is 0. The standard InChI is InChI=1S/C13H18N2OS/c14-12-10-2-1-9(5-10)11(12)13(16)15-6-8-3-4-17-7-8/h3-4,7,9-12H,1-2,5-6,14H2,(H,15,16). The van der Waals surface area contributed by atoms with Gasteiger partial charge >= 0.3 is 0 Å². The van der Waals surface area contributed by atoms with E-state index in [4.69, 9.17) is 5.73 Å². The summed E-state index contributed by atoms with van der Waals surface area (Å²) in [5, 5.41) is 7.13. The number of nitrogens with two attached hydrogens (primary N) is 1. The molecule has 3 rings (SSSR count). The summed E-state index contributed by atoms with van der Waals surface area (Å²) in [4.78, 5) is 12.2. The number of nitrogens with one attached hydrogen (secondary N) is 1. The smallest absolute Gasteiger partial charge is 0.225 e.